The Morgan fingerprint density at radius 3 is 2.32 bits per heavy atom. The number of rotatable bonds is 5. The first-order valence-electron chi connectivity index (χ1n) is 10.6. The number of amides is 3. The van der Waals surface area contributed by atoms with Gasteiger partial charge in [0, 0.05) is 22.5 Å². The lowest BCUT2D eigenvalue weighted by Gasteiger charge is -2.33. The Balaban J connectivity index is 1.64. The van der Waals surface area contributed by atoms with Crippen LogP contribution in [0.25, 0.3) is 0 Å². The standard InChI is InChI=1S/C24H24Cl2N2O3/c25-18-10-12-19(13-11-18)28-22(29)14-21(24(28)31)27(15-17-8-4-5-9-20(17)26)23(30)16-6-2-1-3-7-16/h4-5,8-13,16,21H,1-3,6-7,14-15H2. The van der Waals surface area contributed by atoms with Gasteiger partial charge in [0.05, 0.1) is 12.1 Å². The SMILES string of the molecule is O=C1CC(N(Cc2ccccc2Cl)C(=O)C2CCCCC2)C(=O)N1c1ccc(Cl)cc1. The third-order valence-corrected chi connectivity index (χ3v) is 6.74. The van der Waals surface area contributed by atoms with Gasteiger partial charge in [0.15, 0.2) is 0 Å². The fourth-order valence-electron chi connectivity index (χ4n) is 4.46. The van der Waals surface area contributed by atoms with Crippen molar-refractivity contribution in [1.82, 2.24) is 4.90 Å². The normalized spacial score (nSPS) is 19.7. The minimum absolute atomic E-state index is 0.0373. The first-order chi connectivity index (χ1) is 15.0. The smallest absolute Gasteiger partial charge is 0.257 e. The van der Waals surface area contributed by atoms with E-state index < -0.39 is 6.04 Å². The fraction of sp³-hybridized carbons (Fsp3) is 0.375. The van der Waals surface area contributed by atoms with Crippen molar-refractivity contribution in [2.45, 2.75) is 51.1 Å². The van der Waals surface area contributed by atoms with Crippen LogP contribution in [0.2, 0.25) is 10.0 Å². The van der Waals surface area contributed by atoms with Crippen LogP contribution in [0.3, 0.4) is 0 Å². The Morgan fingerprint density at radius 1 is 0.968 bits per heavy atom. The molecule has 1 atom stereocenters. The average molecular weight is 459 g/mol. The number of nitrogens with zero attached hydrogens (tertiary/aromatic N) is 2. The monoisotopic (exact) mass is 458 g/mol. The van der Waals surface area contributed by atoms with E-state index in [0.717, 1.165) is 42.6 Å². The molecular formula is C24H24Cl2N2O3. The van der Waals surface area contributed by atoms with Crippen molar-refractivity contribution in [2.75, 3.05) is 4.90 Å². The molecule has 2 aliphatic rings. The van der Waals surface area contributed by atoms with E-state index >= 15 is 0 Å². The van der Waals surface area contributed by atoms with Crippen molar-refractivity contribution in [2.24, 2.45) is 5.92 Å². The number of anilines is 1. The summed E-state index contributed by atoms with van der Waals surface area (Å²) >= 11 is 12.3. The molecule has 2 fully saturated rings. The molecule has 0 spiro atoms. The lowest BCUT2D eigenvalue weighted by atomic mass is 9.87. The van der Waals surface area contributed by atoms with Crippen molar-refractivity contribution >= 4 is 46.6 Å². The highest BCUT2D eigenvalue weighted by molar-refractivity contribution is 6.31. The van der Waals surface area contributed by atoms with Crippen LogP contribution >= 0.6 is 23.2 Å². The minimum Gasteiger partial charge on any atom is -0.325 e. The van der Waals surface area contributed by atoms with E-state index in [1.54, 1.807) is 35.2 Å². The van der Waals surface area contributed by atoms with Crippen molar-refractivity contribution in [3.8, 4) is 0 Å². The molecule has 4 rings (SSSR count). The maximum atomic E-state index is 13.5. The lowest BCUT2D eigenvalue weighted by molar-refractivity contribution is -0.143. The lowest BCUT2D eigenvalue weighted by Crippen LogP contribution is -2.47. The first-order valence-corrected chi connectivity index (χ1v) is 11.4. The summed E-state index contributed by atoms with van der Waals surface area (Å²) in [5.41, 5.74) is 1.23. The molecule has 31 heavy (non-hydrogen) atoms. The van der Waals surface area contributed by atoms with E-state index in [4.69, 9.17) is 23.2 Å². The van der Waals surface area contributed by atoms with Crippen LogP contribution in [0.4, 0.5) is 5.69 Å². The van der Waals surface area contributed by atoms with Crippen LogP contribution in [-0.4, -0.2) is 28.7 Å². The van der Waals surface area contributed by atoms with E-state index in [9.17, 15) is 14.4 Å². The molecule has 1 saturated carbocycles. The van der Waals surface area contributed by atoms with Crippen LogP contribution in [0.15, 0.2) is 48.5 Å². The number of benzene rings is 2. The van der Waals surface area contributed by atoms with Crippen molar-refractivity contribution in [1.29, 1.82) is 0 Å². The first kappa shape index (κ1) is 21.8. The average Bonchev–Trinajstić information content (AvgIpc) is 3.07. The van der Waals surface area contributed by atoms with Gasteiger partial charge >= 0.3 is 0 Å². The third kappa shape index (κ3) is 4.63. The molecule has 1 saturated heterocycles. The van der Waals surface area contributed by atoms with Gasteiger partial charge in [0.1, 0.15) is 6.04 Å². The summed E-state index contributed by atoms with van der Waals surface area (Å²) < 4.78 is 0. The van der Waals surface area contributed by atoms with Crippen LogP contribution in [0.1, 0.15) is 44.1 Å². The Bertz CT molecular complexity index is 987. The molecule has 1 aliphatic heterocycles. The number of halogens is 2. The Labute approximate surface area is 191 Å². The Morgan fingerprint density at radius 2 is 1.65 bits per heavy atom. The van der Waals surface area contributed by atoms with E-state index in [1.165, 1.54) is 0 Å². The largest absolute Gasteiger partial charge is 0.325 e. The van der Waals surface area contributed by atoms with Gasteiger partial charge in [-0.3, -0.25) is 14.4 Å². The second kappa shape index (κ2) is 9.41. The van der Waals surface area contributed by atoms with Gasteiger partial charge in [-0.2, -0.15) is 0 Å². The quantitative estimate of drug-likeness (QED) is 0.575. The highest BCUT2D eigenvalue weighted by Crippen LogP contribution is 2.32. The Hall–Kier alpha value is -2.37. The molecule has 5 nitrogen and oxygen atoms in total. The van der Waals surface area contributed by atoms with Gasteiger partial charge in [0.25, 0.3) is 5.91 Å². The highest BCUT2D eigenvalue weighted by Gasteiger charge is 2.45. The highest BCUT2D eigenvalue weighted by atomic mass is 35.5. The van der Waals surface area contributed by atoms with Crippen molar-refractivity contribution < 1.29 is 14.4 Å². The van der Waals surface area contributed by atoms with Crippen molar-refractivity contribution in [3.63, 3.8) is 0 Å². The van der Waals surface area contributed by atoms with Crippen LogP contribution in [0, 0.1) is 5.92 Å². The second-order valence-electron chi connectivity index (χ2n) is 8.16. The number of imide groups is 1. The predicted molar refractivity (Wildman–Crippen MR) is 121 cm³/mol. The molecule has 1 unspecified atom stereocenters. The zero-order valence-corrected chi connectivity index (χ0v) is 18.6. The zero-order valence-electron chi connectivity index (χ0n) is 17.1. The number of carbonyl (C=O) groups is 3. The Kier molecular flexibility index (Phi) is 6.63. The van der Waals surface area contributed by atoms with Crippen LogP contribution in [0.5, 0.6) is 0 Å². The predicted octanol–water partition coefficient (Wildman–Crippen LogP) is 5.23. The molecule has 0 radical (unpaired) electrons. The van der Waals surface area contributed by atoms with Gasteiger partial charge in [-0.15, -0.1) is 0 Å². The topological polar surface area (TPSA) is 57.7 Å². The number of hydrogen-bond acceptors (Lipinski definition) is 3. The molecule has 0 N–H and O–H groups in total. The summed E-state index contributed by atoms with van der Waals surface area (Å²) in [4.78, 5) is 42.4. The van der Waals surface area contributed by atoms with Gasteiger partial charge in [-0.1, -0.05) is 60.7 Å². The molecular weight excluding hydrogens is 435 g/mol. The molecule has 3 amide bonds. The van der Waals surface area contributed by atoms with Crippen molar-refractivity contribution in [3.05, 3.63) is 64.1 Å². The summed E-state index contributed by atoms with van der Waals surface area (Å²) in [7, 11) is 0. The van der Waals surface area contributed by atoms with E-state index in [2.05, 4.69) is 0 Å². The summed E-state index contributed by atoms with van der Waals surface area (Å²) in [6.45, 7) is 0.202. The molecule has 1 heterocycles. The summed E-state index contributed by atoms with van der Waals surface area (Å²) in [6, 6.07) is 13.0. The van der Waals surface area contributed by atoms with Gasteiger partial charge in [0.2, 0.25) is 11.8 Å². The maximum Gasteiger partial charge on any atom is 0.257 e. The summed E-state index contributed by atoms with van der Waals surface area (Å²) in [6.07, 6.45) is 4.72. The van der Waals surface area contributed by atoms with Crippen LogP contribution in [-0.2, 0) is 20.9 Å². The van der Waals surface area contributed by atoms with Crippen LogP contribution < -0.4 is 4.90 Å². The molecule has 2 aromatic rings. The fourth-order valence-corrected chi connectivity index (χ4v) is 4.78. The summed E-state index contributed by atoms with van der Waals surface area (Å²) in [5.74, 6) is -0.895. The van der Waals surface area contributed by atoms with Gasteiger partial charge in [-0.25, -0.2) is 4.90 Å². The second-order valence-corrected chi connectivity index (χ2v) is 9.00. The molecule has 1 aliphatic carbocycles. The van der Waals surface area contributed by atoms with Gasteiger partial charge < -0.3 is 4.90 Å². The van der Waals surface area contributed by atoms with E-state index in [1.807, 2.05) is 18.2 Å². The number of carbonyl (C=O) groups excluding carboxylic acids is 3. The van der Waals surface area contributed by atoms with Gasteiger partial charge in [-0.05, 0) is 48.7 Å². The molecule has 7 heteroatoms. The van der Waals surface area contributed by atoms with E-state index in [-0.39, 0.29) is 36.6 Å². The maximum absolute atomic E-state index is 13.5. The zero-order chi connectivity index (χ0) is 22.0. The molecule has 0 bridgehead atoms. The molecule has 162 valence electrons. The minimum atomic E-state index is -0.839. The third-order valence-electron chi connectivity index (χ3n) is 6.12. The van der Waals surface area contributed by atoms with E-state index in [0.29, 0.717) is 15.7 Å². The molecule has 2 aromatic carbocycles. The molecule has 0 aromatic heterocycles. The number of hydrogen-bond donors (Lipinski definition) is 0. The summed E-state index contributed by atoms with van der Waals surface area (Å²) in [5, 5.41) is 1.06.